The monoisotopic (exact) mass is 390 g/mol. The Kier molecular flexibility index (Phi) is 6.93. The van der Waals surface area contributed by atoms with Crippen LogP contribution in [0.5, 0.6) is 0 Å². The van der Waals surface area contributed by atoms with Crippen LogP contribution in [0.2, 0.25) is 0 Å². The van der Waals surface area contributed by atoms with Crippen molar-refractivity contribution in [1.82, 2.24) is 0 Å². The van der Waals surface area contributed by atoms with Gasteiger partial charge in [-0.1, -0.05) is 6.58 Å². The topological polar surface area (TPSA) is 63.6 Å². The van der Waals surface area contributed by atoms with E-state index in [1.165, 1.54) is 0 Å². The fraction of sp³-hybridized carbons (Fsp3) is 0.667. The molecule has 25 heavy (non-hydrogen) atoms. The van der Waals surface area contributed by atoms with E-state index in [0.29, 0.717) is 0 Å². The molecular weight excluding hydrogens is 379 g/mol. The molecule has 0 bridgehead atoms. The first kappa shape index (κ1) is 23.1. The normalized spacial score (nSPS) is 13.5. The van der Waals surface area contributed by atoms with Crippen molar-refractivity contribution < 1.29 is 58.9 Å². The van der Waals surface area contributed by atoms with Gasteiger partial charge in [0.1, 0.15) is 0 Å². The summed E-state index contributed by atoms with van der Waals surface area (Å²) in [6, 6.07) is 0. The van der Waals surface area contributed by atoms with E-state index in [-0.39, 0.29) is 0 Å². The highest BCUT2D eigenvalue weighted by atomic mass is 19.4. The molecule has 0 unspecified atom stereocenters. The average molecular weight is 390 g/mol. The Morgan fingerprint density at radius 1 is 0.920 bits per heavy atom. The van der Waals surface area contributed by atoms with Crippen molar-refractivity contribution in [3.8, 4) is 0 Å². The predicted molar refractivity (Wildman–Crippen MR) is 62.7 cm³/mol. The van der Waals surface area contributed by atoms with Gasteiger partial charge in [-0.15, -0.1) is 0 Å². The summed E-state index contributed by atoms with van der Waals surface area (Å²) in [7, 11) is 0. The van der Waals surface area contributed by atoms with Crippen molar-refractivity contribution in [3.05, 3.63) is 12.2 Å². The first-order valence-corrected chi connectivity index (χ1v) is 6.17. The van der Waals surface area contributed by atoms with Crippen molar-refractivity contribution in [2.75, 3.05) is 13.3 Å². The number of carbonyl (C=O) groups excluding carboxylic acids is 1. The van der Waals surface area contributed by atoms with E-state index in [1.54, 1.807) is 0 Å². The summed E-state index contributed by atoms with van der Waals surface area (Å²) < 4.78 is 119. The molecule has 0 amide bonds. The summed E-state index contributed by atoms with van der Waals surface area (Å²) in [5, 5.41) is 8.31. The molecule has 0 aliphatic carbocycles. The van der Waals surface area contributed by atoms with E-state index in [1.807, 2.05) is 0 Å². The van der Waals surface area contributed by atoms with Crippen LogP contribution in [0.1, 0.15) is 12.8 Å². The van der Waals surface area contributed by atoms with Crippen LogP contribution in [0.25, 0.3) is 0 Å². The van der Waals surface area contributed by atoms with E-state index >= 15 is 0 Å². The van der Waals surface area contributed by atoms with Crippen LogP contribution in [0.3, 0.4) is 0 Å². The number of ether oxygens (including phenoxy) is 1. The van der Waals surface area contributed by atoms with Crippen molar-refractivity contribution in [2.24, 2.45) is 0 Å². The second-order valence-corrected chi connectivity index (χ2v) is 4.75. The minimum absolute atomic E-state index is 0.767. The molecule has 0 aromatic carbocycles. The molecule has 0 aliphatic rings. The minimum Gasteiger partial charge on any atom is -0.481 e. The van der Waals surface area contributed by atoms with Gasteiger partial charge in [-0.25, -0.2) is 9.18 Å². The van der Waals surface area contributed by atoms with Gasteiger partial charge in [-0.05, 0) is 0 Å². The van der Waals surface area contributed by atoms with Gasteiger partial charge in [0.25, 0.3) is 0 Å². The Morgan fingerprint density at radius 3 is 1.76 bits per heavy atom. The number of carboxylic acid groups (broad SMARTS) is 1. The lowest BCUT2D eigenvalue weighted by Gasteiger charge is -2.35. The fourth-order valence-corrected chi connectivity index (χ4v) is 1.33. The average Bonchev–Trinajstić information content (AvgIpc) is 2.45. The van der Waals surface area contributed by atoms with Crippen molar-refractivity contribution in [3.63, 3.8) is 0 Å². The molecule has 0 saturated carbocycles. The molecular formula is C12H11F9O4. The molecule has 13 heteroatoms. The molecule has 0 fully saturated rings. The number of esters is 1. The van der Waals surface area contributed by atoms with E-state index in [2.05, 4.69) is 11.3 Å². The van der Waals surface area contributed by atoms with Gasteiger partial charge in [0, 0.05) is 5.57 Å². The Labute approximate surface area is 134 Å². The van der Waals surface area contributed by atoms with Gasteiger partial charge < -0.3 is 9.84 Å². The molecule has 0 aromatic heterocycles. The number of hydrogen-bond acceptors (Lipinski definition) is 3. The van der Waals surface area contributed by atoms with E-state index in [9.17, 15) is 49.1 Å². The van der Waals surface area contributed by atoms with Crippen LogP contribution in [-0.2, 0) is 14.3 Å². The first-order valence-electron chi connectivity index (χ1n) is 6.17. The number of aliphatic carboxylic acids is 1. The highest BCUT2D eigenvalue weighted by Crippen LogP contribution is 2.53. The van der Waals surface area contributed by atoms with Crippen LogP contribution in [0, 0.1) is 0 Å². The van der Waals surface area contributed by atoms with E-state index in [4.69, 9.17) is 5.11 Å². The third kappa shape index (κ3) is 4.78. The van der Waals surface area contributed by atoms with Gasteiger partial charge in [-0.2, -0.15) is 35.1 Å². The lowest BCUT2D eigenvalue weighted by atomic mass is 9.97. The smallest absolute Gasteiger partial charge is 0.380 e. The number of carboxylic acids is 1. The van der Waals surface area contributed by atoms with Crippen molar-refractivity contribution in [2.45, 2.75) is 36.5 Å². The molecule has 0 radical (unpaired) electrons. The number of carbonyl (C=O) groups is 2. The number of hydrogen-bond donors (Lipinski definition) is 1. The van der Waals surface area contributed by atoms with Gasteiger partial charge in [0.15, 0.2) is 6.67 Å². The zero-order valence-electron chi connectivity index (χ0n) is 12.1. The Bertz CT molecular complexity index is 531. The van der Waals surface area contributed by atoms with Crippen LogP contribution in [0.15, 0.2) is 12.2 Å². The summed E-state index contributed by atoms with van der Waals surface area (Å²) in [5.74, 6) is -28.4. The maximum absolute atomic E-state index is 13.2. The molecule has 0 saturated heterocycles. The number of rotatable bonds is 10. The molecule has 0 spiro atoms. The third-order valence-corrected chi connectivity index (χ3v) is 2.78. The molecule has 0 atom stereocenters. The molecule has 0 aromatic rings. The zero-order chi connectivity index (χ0) is 20.3. The quantitative estimate of drug-likeness (QED) is 0.353. The molecule has 146 valence electrons. The number of halogens is 9. The molecule has 0 rings (SSSR count). The number of alkyl halides is 9. The van der Waals surface area contributed by atoms with Crippen LogP contribution < -0.4 is 0 Å². The summed E-state index contributed by atoms with van der Waals surface area (Å²) in [6.45, 7) is -2.06. The lowest BCUT2D eigenvalue weighted by Crippen LogP contribution is -2.63. The molecule has 0 aliphatic heterocycles. The van der Waals surface area contributed by atoms with Crippen LogP contribution >= 0.6 is 0 Å². The molecule has 1 N–H and O–H groups in total. The Hall–Kier alpha value is -1.95. The minimum atomic E-state index is -6.73. The van der Waals surface area contributed by atoms with Crippen molar-refractivity contribution in [1.29, 1.82) is 0 Å². The zero-order valence-corrected chi connectivity index (χ0v) is 12.1. The van der Waals surface area contributed by atoms with Crippen molar-refractivity contribution >= 4 is 11.9 Å². The second-order valence-electron chi connectivity index (χ2n) is 4.75. The second kappa shape index (κ2) is 7.52. The van der Waals surface area contributed by atoms with Gasteiger partial charge in [0.2, 0.25) is 0 Å². The summed E-state index contributed by atoms with van der Waals surface area (Å²) >= 11 is 0. The van der Waals surface area contributed by atoms with Gasteiger partial charge in [-0.3, -0.25) is 4.79 Å². The standard InChI is InChI=1S/C12H11F9O4/c1-6(4-7(22)23)8(24)25-3-2-9(14,15)11(18,19)12(20,21)10(16,17)5-13/h1-5H2,(H,22,23). The summed E-state index contributed by atoms with van der Waals surface area (Å²) in [5.41, 5.74) is -0.767. The van der Waals surface area contributed by atoms with Gasteiger partial charge in [0.05, 0.1) is 19.4 Å². The molecule has 4 nitrogen and oxygen atoms in total. The third-order valence-electron chi connectivity index (χ3n) is 2.78. The summed E-state index contributed by atoms with van der Waals surface area (Å²) in [4.78, 5) is 21.3. The Balaban J connectivity index is 5.05. The Morgan fingerprint density at radius 2 is 1.36 bits per heavy atom. The maximum atomic E-state index is 13.2. The molecule has 0 heterocycles. The maximum Gasteiger partial charge on any atom is 0.380 e. The predicted octanol–water partition coefficient (Wildman–Crippen LogP) is 3.46. The van der Waals surface area contributed by atoms with Gasteiger partial charge >= 0.3 is 35.6 Å². The lowest BCUT2D eigenvalue weighted by molar-refractivity contribution is -0.369. The SMILES string of the molecule is C=C(CC(=O)O)C(=O)OCCC(F)(F)C(F)(F)C(F)(F)C(F)(F)CF. The van der Waals surface area contributed by atoms with E-state index in [0.717, 1.165) is 0 Å². The first-order chi connectivity index (χ1) is 11.0. The summed E-state index contributed by atoms with van der Waals surface area (Å²) in [6.07, 6.45) is -3.30. The highest BCUT2D eigenvalue weighted by Gasteiger charge is 2.80. The largest absolute Gasteiger partial charge is 0.481 e. The van der Waals surface area contributed by atoms with Crippen LogP contribution in [-0.4, -0.2) is 54.0 Å². The van der Waals surface area contributed by atoms with E-state index < -0.39 is 67.3 Å². The highest BCUT2D eigenvalue weighted by molar-refractivity contribution is 5.92. The fourth-order valence-electron chi connectivity index (χ4n) is 1.33. The van der Waals surface area contributed by atoms with Crippen LogP contribution in [0.4, 0.5) is 39.5 Å².